The van der Waals surface area contributed by atoms with E-state index in [0.29, 0.717) is 31.8 Å². The molecule has 0 saturated carbocycles. The number of anilines is 1. The Hall–Kier alpha value is -3.34. The highest BCUT2D eigenvalue weighted by Gasteiger charge is 2.44. The van der Waals surface area contributed by atoms with Crippen LogP contribution in [0.25, 0.3) is 11.0 Å². The van der Waals surface area contributed by atoms with E-state index in [0.717, 1.165) is 46.5 Å². The molecule has 1 amide bonds. The van der Waals surface area contributed by atoms with E-state index in [1.54, 1.807) is 31.0 Å². The lowest BCUT2D eigenvalue weighted by Crippen LogP contribution is -2.55. The van der Waals surface area contributed by atoms with Gasteiger partial charge in [-0.3, -0.25) is 19.9 Å². The molecule has 1 saturated heterocycles. The molecule has 2 heterocycles. The van der Waals surface area contributed by atoms with Gasteiger partial charge in [0.2, 0.25) is 5.91 Å². The molecule has 3 aromatic rings. The maximum Gasteiger partial charge on any atom is 0.320 e. The lowest BCUT2D eigenvalue weighted by Gasteiger charge is -2.40. The van der Waals surface area contributed by atoms with E-state index in [4.69, 9.17) is 20.9 Å². The molecule has 0 aliphatic carbocycles. The maximum absolute atomic E-state index is 13.9. The van der Waals surface area contributed by atoms with Crippen molar-refractivity contribution in [3.8, 4) is 0 Å². The minimum Gasteiger partial charge on any atom is -0.465 e. The van der Waals surface area contributed by atoms with Crippen LogP contribution in [0.1, 0.15) is 49.2 Å². The predicted molar refractivity (Wildman–Crippen MR) is 163 cm³/mol. The number of aryl methyl sites for hydroxylation is 1. The van der Waals surface area contributed by atoms with Crippen molar-refractivity contribution in [2.24, 2.45) is 5.73 Å². The molecule has 1 aromatic heterocycles. The van der Waals surface area contributed by atoms with Gasteiger partial charge in [0.05, 0.1) is 30.7 Å². The summed E-state index contributed by atoms with van der Waals surface area (Å²) < 4.78 is 5.19. The average Bonchev–Trinajstić information content (AvgIpc) is 3.58. The number of nitrogen functional groups attached to an aromatic ring is 1. The number of ether oxygens (including phenoxy) is 1. The molecule has 10 nitrogen and oxygen atoms in total. The molecule has 1 atom stereocenters. The van der Waals surface area contributed by atoms with Crippen LogP contribution in [0, 0.1) is 12.3 Å². The number of benzene rings is 2. The Morgan fingerprint density at radius 1 is 1.18 bits per heavy atom. The van der Waals surface area contributed by atoms with Gasteiger partial charge in [-0.15, -0.1) is 24.8 Å². The van der Waals surface area contributed by atoms with E-state index in [1.165, 1.54) is 0 Å². The summed E-state index contributed by atoms with van der Waals surface area (Å²) in [6, 6.07) is 11.2. The van der Waals surface area contributed by atoms with Crippen LogP contribution in [0.5, 0.6) is 0 Å². The van der Waals surface area contributed by atoms with Crippen LogP contribution in [0.3, 0.4) is 0 Å². The monoisotopic (exact) mass is 591 g/mol. The van der Waals surface area contributed by atoms with Crippen molar-refractivity contribution in [2.75, 3.05) is 38.6 Å². The minimum absolute atomic E-state index is 0. The number of imidazole rings is 1. The molecule has 1 aliphatic rings. The minimum atomic E-state index is -1.06. The zero-order valence-electron chi connectivity index (χ0n) is 23.4. The molecule has 5 N–H and O–H groups in total. The Bertz CT molecular complexity index is 1340. The molecular formula is C28H39Cl2N7O3. The van der Waals surface area contributed by atoms with Gasteiger partial charge in [0.15, 0.2) is 0 Å². The van der Waals surface area contributed by atoms with E-state index < -0.39 is 5.54 Å². The SMILES string of the molecule is CCOC(=O)CN(C)C(C)(C(=O)N1CCCC1)c1ccc2[nH]c(CNc3ccc(C(=N)N)cc3)nc2c1C.Cl.Cl. The van der Waals surface area contributed by atoms with Crippen LogP contribution in [-0.4, -0.2) is 70.8 Å². The third kappa shape index (κ3) is 6.68. The number of likely N-dealkylation sites (tertiary alicyclic amines) is 1. The van der Waals surface area contributed by atoms with E-state index in [9.17, 15) is 9.59 Å². The number of nitrogens with two attached hydrogens (primary N) is 1. The highest BCUT2D eigenvalue weighted by molar-refractivity contribution is 5.95. The number of aromatic nitrogens is 2. The molecule has 218 valence electrons. The number of esters is 1. The first-order chi connectivity index (χ1) is 18.1. The number of carbonyl (C=O) groups is 2. The quantitative estimate of drug-likeness (QED) is 0.159. The molecule has 40 heavy (non-hydrogen) atoms. The smallest absolute Gasteiger partial charge is 0.320 e. The van der Waals surface area contributed by atoms with E-state index in [1.807, 2.05) is 43.0 Å². The standard InChI is InChI=1S/C28H37N7O3.2ClH/c1-5-38-24(36)17-34(4)28(3,27(37)35-14-6-7-15-35)21-12-13-22-25(18(21)2)33-23(32-22)16-31-20-10-8-19(9-11-20)26(29)30;;/h8-13,31H,5-7,14-17H2,1-4H3,(H3,29,30)(H,32,33);2*1H. The second kappa shape index (κ2) is 13.8. The Balaban J connectivity index is 0.00000280. The molecule has 1 aliphatic heterocycles. The molecule has 0 spiro atoms. The number of carbonyl (C=O) groups excluding carboxylic acids is 2. The van der Waals surface area contributed by atoms with Gasteiger partial charge < -0.3 is 25.7 Å². The van der Waals surface area contributed by atoms with Crippen molar-refractivity contribution in [2.45, 2.75) is 45.7 Å². The molecule has 1 unspecified atom stereocenters. The van der Waals surface area contributed by atoms with Crippen LogP contribution in [0.4, 0.5) is 5.69 Å². The van der Waals surface area contributed by atoms with Crippen LogP contribution in [-0.2, 0) is 26.4 Å². The molecule has 0 radical (unpaired) electrons. The van der Waals surface area contributed by atoms with E-state index in [-0.39, 0.29) is 49.1 Å². The summed E-state index contributed by atoms with van der Waals surface area (Å²) in [5.74, 6) is 0.404. The van der Waals surface area contributed by atoms with E-state index >= 15 is 0 Å². The molecule has 2 aromatic carbocycles. The first kappa shape index (κ1) is 32.9. The lowest BCUT2D eigenvalue weighted by molar-refractivity contribution is -0.150. The number of amidine groups is 1. The topological polar surface area (TPSA) is 140 Å². The second-order valence-corrected chi connectivity index (χ2v) is 9.89. The number of fused-ring (bicyclic) bond motifs is 1. The van der Waals surface area contributed by atoms with Gasteiger partial charge in [-0.05, 0) is 82.1 Å². The Labute approximate surface area is 247 Å². The van der Waals surface area contributed by atoms with E-state index in [2.05, 4.69) is 10.3 Å². The van der Waals surface area contributed by atoms with Crippen LogP contribution >= 0.6 is 24.8 Å². The largest absolute Gasteiger partial charge is 0.465 e. The van der Waals surface area contributed by atoms with Crippen LogP contribution < -0.4 is 11.1 Å². The number of halogens is 2. The number of aromatic amines is 1. The first-order valence-corrected chi connectivity index (χ1v) is 13.0. The third-order valence-electron chi connectivity index (χ3n) is 7.38. The summed E-state index contributed by atoms with van der Waals surface area (Å²) in [7, 11) is 1.80. The number of amides is 1. The average molecular weight is 593 g/mol. The fraction of sp³-hybridized carbons (Fsp3) is 0.429. The summed E-state index contributed by atoms with van der Waals surface area (Å²) in [6.07, 6.45) is 1.96. The summed E-state index contributed by atoms with van der Waals surface area (Å²) in [5.41, 5.74) is 9.40. The van der Waals surface area contributed by atoms with Crippen molar-refractivity contribution < 1.29 is 14.3 Å². The van der Waals surface area contributed by atoms with Crippen molar-refractivity contribution in [1.82, 2.24) is 19.8 Å². The number of likely N-dealkylation sites (N-methyl/N-ethyl adjacent to an activating group) is 1. The summed E-state index contributed by atoms with van der Waals surface area (Å²) in [5, 5.41) is 10.9. The summed E-state index contributed by atoms with van der Waals surface area (Å²) in [4.78, 5) is 38.2. The zero-order chi connectivity index (χ0) is 27.4. The number of hydrogen-bond acceptors (Lipinski definition) is 7. The third-order valence-corrected chi connectivity index (χ3v) is 7.38. The molecular weight excluding hydrogens is 553 g/mol. The maximum atomic E-state index is 13.9. The van der Waals surface area contributed by atoms with Crippen molar-refractivity contribution in [1.29, 1.82) is 5.41 Å². The van der Waals surface area contributed by atoms with Crippen molar-refractivity contribution in [3.05, 3.63) is 58.9 Å². The summed E-state index contributed by atoms with van der Waals surface area (Å²) in [6.45, 7) is 7.83. The fourth-order valence-corrected chi connectivity index (χ4v) is 5.10. The summed E-state index contributed by atoms with van der Waals surface area (Å²) >= 11 is 0. The predicted octanol–water partition coefficient (Wildman–Crippen LogP) is 3.94. The van der Waals surface area contributed by atoms with Gasteiger partial charge in [0.25, 0.3) is 0 Å². The van der Waals surface area contributed by atoms with Gasteiger partial charge in [0.1, 0.15) is 17.2 Å². The van der Waals surface area contributed by atoms with Crippen LogP contribution in [0.15, 0.2) is 36.4 Å². The number of nitrogens with zero attached hydrogens (tertiary/aromatic N) is 3. The first-order valence-electron chi connectivity index (χ1n) is 13.0. The Morgan fingerprint density at radius 2 is 1.82 bits per heavy atom. The van der Waals surface area contributed by atoms with Crippen molar-refractivity contribution >= 4 is 59.2 Å². The van der Waals surface area contributed by atoms with Gasteiger partial charge in [-0.2, -0.15) is 0 Å². The Kier molecular flexibility index (Phi) is 11.4. The van der Waals surface area contributed by atoms with Gasteiger partial charge in [0, 0.05) is 24.3 Å². The number of nitrogens with one attached hydrogen (secondary N) is 3. The van der Waals surface area contributed by atoms with Crippen molar-refractivity contribution in [3.63, 3.8) is 0 Å². The van der Waals surface area contributed by atoms with Gasteiger partial charge >= 0.3 is 5.97 Å². The van der Waals surface area contributed by atoms with Crippen LogP contribution in [0.2, 0.25) is 0 Å². The zero-order valence-corrected chi connectivity index (χ0v) is 25.0. The van der Waals surface area contributed by atoms with Gasteiger partial charge in [-0.25, -0.2) is 4.98 Å². The fourth-order valence-electron chi connectivity index (χ4n) is 5.10. The molecule has 0 bridgehead atoms. The lowest BCUT2D eigenvalue weighted by atomic mass is 9.85. The number of hydrogen-bond donors (Lipinski definition) is 4. The molecule has 1 fully saturated rings. The van der Waals surface area contributed by atoms with Gasteiger partial charge in [-0.1, -0.05) is 6.07 Å². The molecule has 4 rings (SSSR count). The number of H-pyrrole nitrogens is 1. The normalized spacial score (nSPS) is 14.3. The number of rotatable bonds is 10. The second-order valence-electron chi connectivity index (χ2n) is 9.89. The Morgan fingerprint density at radius 3 is 2.42 bits per heavy atom. The highest BCUT2D eigenvalue weighted by Crippen LogP contribution is 2.35. The molecule has 12 heteroatoms. The highest BCUT2D eigenvalue weighted by atomic mass is 35.5.